The molecule has 1 saturated heterocycles. The molecule has 1 N–H and O–H groups in total. The minimum absolute atomic E-state index is 0.0690. The summed E-state index contributed by atoms with van der Waals surface area (Å²) in [5, 5.41) is 14.1. The van der Waals surface area contributed by atoms with Gasteiger partial charge in [0.05, 0.1) is 22.0 Å². The van der Waals surface area contributed by atoms with E-state index in [-0.39, 0.29) is 12.0 Å². The first-order chi connectivity index (χ1) is 12.9. The zero-order valence-corrected chi connectivity index (χ0v) is 15.8. The number of aliphatic hydroxyl groups excluding tert-OH is 1. The van der Waals surface area contributed by atoms with Crippen LogP contribution in [0, 0.1) is 5.41 Å². The van der Waals surface area contributed by atoms with Crippen molar-refractivity contribution in [2.24, 2.45) is 10.6 Å². The maximum atomic E-state index is 12.9. The summed E-state index contributed by atoms with van der Waals surface area (Å²) in [6.45, 7) is 3.81. The zero-order valence-electron chi connectivity index (χ0n) is 15.0. The van der Waals surface area contributed by atoms with Crippen LogP contribution in [0.2, 0.25) is 0 Å². The van der Waals surface area contributed by atoms with Crippen LogP contribution in [-0.4, -0.2) is 42.6 Å². The van der Waals surface area contributed by atoms with Crippen molar-refractivity contribution < 1.29 is 23.1 Å². The molecule has 3 rings (SSSR count). The molecule has 5 nitrogen and oxygen atoms in total. The standard InChI is InChI=1S/C18H22F3N3O2S/c1-2-26-22-12-17(7-10-25)5-8-24(9-6-17)16-23-14-4-3-13(18(19,20)21)11-15(14)27-16/h3-4,11-12,25H,2,5-10H2,1H3/b22-12+. The normalized spacial score (nSPS) is 17.7. The highest BCUT2D eigenvalue weighted by atomic mass is 32.1. The van der Waals surface area contributed by atoms with Crippen molar-refractivity contribution in [2.45, 2.75) is 32.4 Å². The number of piperidine rings is 1. The molecule has 1 fully saturated rings. The molecular weight excluding hydrogens is 379 g/mol. The first-order valence-corrected chi connectivity index (χ1v) is 9.69. The van der Waals surface area contributed by atoms with E-state index in [4.69, 9.17) is 4.84 Å². The Morgan fingerprint density at radius 3 is 2.74 bits per heavy atom. The molecule has 2 aromatic rings. The molecule has 27 heavy (non-hydrogen) atoms. The molecule has 148 valence electrons. The van der Waals surface area contributed by atoms with Crippen molar-refractivity contribution in [3.05, 3.63) is 23.8 Å². The number of rotatable bonds is 6. The van der Waals surface area contributed by atoms with E-state index in [0.29, 0.717) is 36.3 Å². The number of nitrogens with zero attached hydrogens (tertiary/aromatic N) is 3. The number of fused-ring (bicyclic) bond motifs is 1. The number of hydrogen-bond donors (Lipinski definition) is 1. The molecule has 0 bridgehead atoms. The Bertz CT molecular complexity index is 799. The van der Waals surface area contributed by atoms with E-state index in [1.807, 2.05) is 6.92 Å². The summed E-state index contributed by atoms with van der Waals surface area (Å²) in [5.74, 6) is 0. The topological polar surface area (TPSA) is 58.0 Å². The van der Waals surface area contributed by atoms with Gasteiger partial charge in [-0.1, -0.05) is 16.5 Å². The van der Waals surface area contributed by atoms with Gasteiger partial charge >= 0.3 is 6.18 Å². The van der Waals surface area contributed by atoms with Crippen LogP contribution in [0.5, 0.6) is 0 Å². The third-order valence-electron chi connectivity index (χ3n) is 4.87. The number of oxime groups is 1. The minimum Gasteiger partial charge on any atom is -0.396 e. The maximum Gasteiger partial charge on any atom is 0.416 e. The van der Waals surface area contributed by atoms with Gasteiger partial charge in [-0.2, -0.15) is 13.2 Å². The third-order valence-corrected chi connectivity index (χ3v) is 5.95. The largest absolute Gasteiger partial charge is 0.416 e. The van der Waals surface area contributed by atoms with Crippen molar-refractivity contribution in [3.8, 4) is 0 Å². The van der Waals surface area contributed by atoms with Crippen LogP contribution < -0.4 is 4.90 Å². The van der Waals surface area contributed by atoms with Crippen LogP contribution in [0.3, 0.4) is 0 Å². The highest BCUT2D eigenvalue weighted by Crippen LogP contribution is 2.39. The first-order valence-electron chi connectivity index (χ1n) is 8.87. The van der Waals surface area contributed by atoms with Gasteiger partial charge in [-0.25, -0.2) is 4.98 Å². The van der Waals surface area contributed by atoms with Gasteiger partial charge in [0, 0.05) is 25.1 Å². The predicted octanol–water partition coefficient (Wildman–Crippen LogP) is 4.31. The van der Waals surface area contributed by atoms with Crippen LogP contribution in [0.1, 0.15) is 31.7 Å². The van der Waals surface area contributed by atoms with Gasteiger partial charge in [0.2, 0.25) is 0 Å². The van der Waals surface area contributed by atoms with Crippen LogP contribution in [0.4, 0.5) is 18.3 Å². The van der Waals surface area contributed by atoms with Crippen molar-refractivity contribution in [2.75, 3.05) is 31.2 Å². The summed E-state index contributed by atoms with van der Waals surface area (Å²) in [4.78, 5) is 11.7. The number of benzene rings is 1. The zero-order chi connectivity index (χ0) is 19.5. The lowest BCUT2D eigenvalue weighted by Gasteiger charge is -2.38. The highest BCUT2D eigenvalue weighted by molar-refractivity contribution is 7.22. The molecule has 1 aliphatic rings. The van der Waals surface area contributed by atoms with E-state index in [1.165, 1.54) is 17.4 Å². The summed E-state index contributed by atoms with van der Waals surface area (Å²) in [7, 11) is 0. The van der Waals surface area contributed by atoms with E-state index >= 15 is 0 Å². The number of aromatic nitrogens is 1. The van der Waals surface area contributed by atoms with Gasteiger partial charge in [-0.3, -0.25) is 0 Å². The Morgan fingerprint density at radius 1 is 1.37 bits per heavy atom. The van der Waals surface area contributed by atoms with E-state index in [0.717, 1.165) is 30.1 Å². The number of halogens is 3. The van der Waals surface area contributed by atoms with Crippen molar-refractivity contribution in [3.63, 3.8) is 0 Å². The quantitative estimate of drug-likeness (QED) is 0.579. The number of aliphatic hydroxyl groups is 1. The first kappa shape index (κ1) is 19.9. The summed E-state index contributed by atoms with van der Waals surface area (Å²) < 4.78 is 39.2. The number of anilines is 1. The number of thiazole rings is 1. The molecule has 1 aromatic heterocycles. The Kier molecular flexibility index (Phi) is 5.90. The average Bonchev–Trinajstić information content (AvgIpc) is 3.05. The third kappa shape index (κ3) is 4.52. The second kappa shape index (κ2) is 8.02. The molecule has 1 aliphatic heterocycles. The predicted molar refractivity (Wildman–Crippen MR) is 100 cm³/mol. The Hall–Kier alpha value is -1.87. The monoisotopic (exact) mass is 401 g/mol. The summed E-state index contributed by atoms with van der Waals surface area (Å²) >= 11 is 1.28. The lowest BCUT2D eigenvalue weighted by atomic mass is 9.77. The summed E-state index contributed by atoms with van der Waals surface area (Å²) in [5.41, 5.74) is -0.299. The SMILES string of the molecule is CCO/N=C/C1(CCO)CCN(c2nc3ccc(C(F)(F)F)cc3s2)CC1. The number of alkyl halides is 3. The van der Waals surface area contributed by atoms with Gasteiger partial charge < -0.3 is 14.8 Å². The second-order valence-electron chi connectivity index (χ2n) is 6.65. The van der Waals surface area contributed by atoms with Crippen molar-refractivity contribution in [1.82, 2.24) is 4.98 Å². The lowest BCUT2D eigenvalue weighted by Crippen LogP contribution is -2.41. The fraction of sp³-hybridized carbons (Fsp3) is 0.556. The molecular formula is C18H22F3N3O2S. The fourth-order valence-electron chi connectivity index (χ4n) is 3.26. The Labute approximate surface area is 159 Å². The molecule has 0 spiro atoms. The molecule has 9 heteroatoms. The highest BCUT2D eigenvalue weighted by Gasteiger charge is 2.34. The minimum atomic E-state index is -4.35. The molecule has 0 atom stereocenters. The van der Waals surface area contributed by atoms with Gasteiger partial charge in [-0.05, 0) is 44.4 Å². The molecule has 1 aromatic carbocycles. The smallest absolute Gasteiger partial charge is 0.396 e. The van der Waals surface area contributed by atoms with Crippen LogP contribution in [-0.2, 0) is 11.0 Å². The van der Waals surface area contributed by atoms with Gasteiger partial charge in [0.1, 0.15) is 6.61 Å². The number of hydrogen-bond acceptors (Lipinski definition) is 6. The molecule has 2 heterocycles. The Morgan fingerprint density at radius 2 is 2.11 bits per heavy atom. The van der Waals surface area contributed by atoms with E-state index < -0.39 is 11.7 Å². The van der Waals surface area contributed by atoms with E-state index in [2.05, 4.69) is 15.0 Å². The van der Waals surface area contributed by atoms with Gasteiger partial charge in [-0.15, -0.1) is 0 Å². The summed E-state index contributed by atoms with van der Waals surface area (Å²) in [6, 6.07) is 3.65. The summed E-state index contributed by atoms with van der Waals surface area (Å²) in [6.07, 6.45) is -0.417. The van der Waals surface area contributed by atoms with Crippen LogP contribution in [0.25, 0.3) is 10.2 Å². The Balaban J connectivity index is 1.75. The second-order valence-corrected chi connectivity index (χ2v) is 7.66. The van der Waals surface area contributed by atoms with Crippen LogP contribution in [0.15, 0.2) is 23.4 Å². The van der Waals surface area contributed by atoms with E-state index in [1.54, 1.807) is 6.21 Å². The molecule has 0 radical (unpaired) electrons. The fourth-order valence-corrected chi connectivity index (χ4v) is 4.31. The lowest BCUT2D eigenvalue weighted by molar-refractivity contribution is -0.137. The van der Waals surface area contributed by atoms with Gasteiger partial charge in [0.15, 0.2) is 5.13 Å². The van der Waals surface area contributed by atoms with E-state index in [9.17, 15) is 18.3 Å². The average molecular weight is 401 g/mol. The molecule has 0 saturated carbocycles. The van der Waals surface area contributed by atoms with Crippen molar-refractivity contribution >= 4 is 32.9 Å². The molecule has 0 aliphatic carbocycles. The maximum absolute atomic E-state index is 12.9. The molecule has 0 amide bonds. The van der Waals surface area contributed by atoms with Crippen molar-refractivity contribution in [1.29, 1.82) is 0 Å². The van der Waals surface area contributed by atoms with Gasteiger partial charge in [0.25, 0.3) is 0 Å². The molecule has 0 unspecified atom stereocenters. The van der Waals surface area contributed by atoms with Crippen LogP contribution >= 0.6 is 11.3 Å².